The van der Waals surface area contributed by atoms with Crippen LogP contribution in [-0.4, -0.2) is 35.3 Å². The molecule has 29 heavy (non-hydrogen) atoms. The van der Waals surface area contributed by atoms with Crippen LogP contribution in [0, 0.1) is 11.7 Å². The topological polar surface area (TPSA) is 69.7 Å². The van der Waals surface area contributed by atoms with E-state index in [9.17, 15) is 18.8 Å². The molecule has 1 aliphatic rings. The molecule has 0 unspecified atom stereocenters. The lowest BCUT2D eigenvalue weighted by Crippen LogP contribution is -2.40. The summed E-state index contributed by atoms with van der Waals surface area (Å²) in [5, 5.41) is 3.12. The molecule has 4 amide bonds. The average Bonchev–Trinajstić information content (AvgIpc) is 2.88. The van der Waals surface area contributed by atoms with Gasteiger partial charge in [0.05, 0.1) is 12.1 Å². The predicted octanol–water partition coefficient (Wildman–Crippen LogP) is 4.30. The Morgan fingerprint density at radius 2 is 1.72 bits per heavy atom. The highest BCUT2D eigenvalue weighted by Crippen LogP contribution is 2.28. The minimum absolute atomic E-state index is 0.111. The van der Waals surface area contributed by atoms with Crippen molar-refractivity contribution in [2.45, 2.75) is 26.3 Å². The van der Waals surface area contributed by atoms with Crippen molar-refractivity contribution in [2.75, 3.05) is 16.8 Å². The zero-order valence-corrected chi connectivity index (χ0v) is 16.8. The summed E-state index contributed by atoms with van der Waals surface area (Å²) in [6.07, 6.45) is -0.196. The molecule has 0 radical (unpaired) electrons. The first-order valence-electron chi connectivity index (χ1n) is 9.22. The van der Waals surface area contributed by atoms with Crippen molar-refractivity contribution >= 4 is 40.8 Å². The minimum Gasteiger partial charge on any atom is -0.326 e. The lowest BCUT2D eigenvalue weighted by molar-refractivity contribution is -0.124. The first-order chi connectivity index (χ1) is 13.8. The number of nitrogens with one attached hydrogen (secondary N) is 1. The number of urea groups is 1. The van der Waals surface area contributed by atoms with Gasteiger partial charge in [-0.2, -0.15) is 0 Å². The fourth-order valence-corrected chi connectivity index (χ4v) is 3.31. The molecule has 1 aliphatic heterocycles. The van der Waals surface area contributed by atoms with E-state index in [2.05, 4.69) is 5.32 Å². The fourth-order valence-electron chi connectivity index (χ4n) is 3.18. The van der Waals surface area contributed by atoms with E-state index >= 15 is 0 Å². The Labute approximate surface area is 173 Å². The molecule has 0 saturated carbocycles. The number of hydrogen-bond acceptors (Lipinski definition) is 3. The van der Waals surface area contributed by atoms with Gasteiger partial charge in [0.25, 0.3) is 5.91 Å². The van der Waals surface area contributed by atoms with Crippen molar-refractivity contribution in [1.29, 1.82) is 0 Å². The first-order valence-corrected chi connectivity index (χ1v) is 9.59. The van der Waals surface area contributed by atoms with Crippen LogP contribution in [0.2, 0.25) is 5.02 Å². The summed E-state index contributed by atoms with van der Waals surface area (Å²) in [5.41, 5.74) is 0.817. The number of carbonyl (C=O) groups is 3. The van der Waals surface area contributed by atoms with Crippen LogP contribution in [0.4, 0.5) is 20.6 Å². The maximum atomic E-state index is 13.0. The van der Waals surface area contributed by atoms with Crippen LogP contribution in [0.5, 0.6) is 0 Å². The van der Waals surface area contributed by atoms with Gasteiger partial charge in [-0.1, -0.05) is 25.4 Å². The Balaban J connectivity index is 1.81. The number of benzene rings is 2. The molecule has 2 aromatic carbocycles. The number of hydrogen-bond donors (Lipinski definition) is 1. The average molecular weight is 418 g/mol. The Kier molecular flexibility index (Phi) is 6.17. The van der Waals surface area contributed by atoms with Crippen molar-refractivity contribution in [3.63, 3.8) is 0 Å². The summed E-state index contributed by atoms with van der Waals surface area (Å²) >= 11 is 5.90. The van der Waals surface area contributed by atoms with E-state index < -0.39 is 29.7 Å². The van der Waals surface area contributed by atoms with Gasteiger partial charge in [0, 0.05) is 17.3 Å². The zero-order valence-electron chi connectivity index (χ0n) is 16.1. The highest BCUT2D eigenvalue weighted by atomic mass is 35.5. The summed E-state index contributed by atoms with van der Waals surface area (Å²) in [6.45, 7) is 4.19. The van der Waals surface area contributed by atoms with Gasteiger partial charge in [-0.15, -0.1) is 0 Å². The summed E-state index contributed by atoms with van der Waals surface area (Å²) in [6, 6.07) is 10.3. The van der Waals surface area contributed by atoms with Crippen LogP contribution in [0.1, 0.15) is 20.3 Å². The number of rotatable bonds is 6. The maximum Gasteiger partial charge on any atom is 0.332 e. The Morgan fingerprint density at radius 1 is 1.10 bits per heavy atom. The van der Waals surface area contributed by atoms with Gasteiger partial charge in [-0.3, -0.25) is 9.59 Å². The molecule has 152 valence electrons. The molecule has 8 heteroatoms. The first kappa shape index (κ1) is 20.8. The standard InChI is InChI=1S/C21H21ClFN3O3/c1-13(2)12-25-18(11-19(27)24-16-7-5-15(23)6-8-16)20(28)26(21(25)29)17-9-3-14(22)4-10-17/h3-10,13,18H,11-12H2,1-2H3,(H,24,27)/t18-/m0/s1. The second kappa shape index (κ2) is 8.61. The molecule has 1 saturated heterocycles. The largest absolute Gasteiger partial charge is 0.332 e. The molecule has 0 spiro atoms. The number of amides is 4. The second-order valence-corrected chi connectivity index (χ2v) is 7.69. The minimum atomic E-state index is -0.916. The zero-order chi connectivity index (χ0) is 21.1. The quantitative estimate of drug-likeness (QED) is 0.712. The Morgan fingerprint density at radius 3 is 2.31 bits per heavy atom. The molecule has 1 heterocycles. The van der Waals surface area contributed by atoms with Crippen LogP contribution in [0.3, 0.4) is 0 Å². The van der Waals surface area contributed by atoms with Crippen LogP contribution < -0.4 is 10.2 Å². The predicted molar refractivity (Wildman–Crippen MR) is 109 cm³/mol. The molecule has 1 atom stereocenters. The van der Waals surface area contributed by atoms with E-state index in [1.54, 1.807) is 24.3 Å². The van der Waals surface area contributed by atoms with E-state index in [1.165, 1.54) is 29.2 Å². The number of anilines is 2. The number of halogens is 2. The van der Waals surface area contributed by atoms with Gasteiger partial charge in [-0.25, -0.2) is 14.1 Å². The van der Waals surface area contributed by atoms with E-state index in [-0.39, 0.29) is 12.3 Å². The summed E-state index contributed by atoms with van der Waals surface area (Å²) in [5.74, 6) is -1.21. The molecule has 0 aliphatic carbocycles. The molecular formula is C21H21ClFN3O3. The van der Waals surface area contributed by atoms with E-state index in [1.807, 2.05) is 13.8 Å². The molecule has 3 rings (SSSR count). The van der Waals surface area contributed by atoms with Crippen molar-refractivity contribution in [3.8, 4) is 0 Å². The van der Waals surface area contributed by atoms with E-state index in [0.29, 0.717) is 22.9 Å². The SMILES string of the molecule is CC(C)CN1C(=O)N(c2ccc(Cl)cc2)C(=O)[C@@H]1CC(=O)Nc1ccc(F)cc1. The number of nitrogens with zero attached hydrogens (tertiary/aromatic N) is 2. The molecule has 1 N–H and O–H groups in total. The van der Waals surface area contributed by atoms with Crippen LogP contribution >= 0.6 is 11.6 Å². The van der Waals surface area contributed by atoms with Crippen molar-refractivity contribution in [1.82, 2.24) is 4.90 Å². The van der Waals surface area contributed by atoms with E-state index in [4.69, 9.17) is 11.6 Å². The van der Waals surface area contributed by atoms with Crippen LogP contribution in [0.15, 0.2) is 48.5 Å². The third-order valence-corrected chi connectivity index (χ3v) is 4.72. The monoisotopic (exact) mass is 417 g/mol. The van der Waals surface area contributed by atoms with Gasteiger partial charge in [0.2, 0.25) is 5.91 Å². The van der Waals surface area contributed by atoms with Gasteiger partial charge in [-0.05, 0) is 54.4 Å². The van der Waals surface area contributed by atoms with Crippen molar-refractivity contribution in [2.24, 2.45) is 5.92 Å². The van der Waals surface area contributed by atoms with Crippen molar-refractivity contribution < 1.29 is 18.8 Å². The van der Waals surface area contributed by atoms with Gasteiger partial charge < -0.3 is 10.2 Å². The van der Waals surface area contributed by atoms with E-state index in [0.717, 1.165) is 4.90 Å². The summed E-state index contributed by atoms with van der Waals surface area (Å²) in [7, 11) is 0. The van der Waals surface area contributed by atoms with Gasteiger partial charge in [0.1, 0.15) is 11.9 Å². The molecule has 1 fully saturated rings. The fraction of sp³-hybridized carbons (Fsp3) is 0.286. The number of imide groups is 1. The molecule has 0 aromatic heterocycles. The smallest absolute Gasteiger partial charge is 0.326 e. The highest BCUT2D eigenvalue weighted by molar-refractivity contribution is 6.30. The van der Waals surface area contributed by atoms with Gasteiger partial charge in [0.15, 0.2) is 0 Å². The summed E-state index contributed by atoms with van der Waals surface area (Å²) < 4.78 is 13.0. The maximum absolute atomic E-state index is 13.0. The van der Waals surface area contributed by atoms with Crippen molar-refractivity contribution in [3.05, 3.63) is 59.4 Å². The lowest BCUT2D eigenvalue weighted by Gasteiger charge is -2.23. The molecule has 2 aromatic rings. The van der Waals surface area contributed by atoms with Gasteiger partial charge >= 0.3 is 6.03 Å². The normalized spacial score (nSPS) is 16.7. The Bertz CT molecular complexity index is 916. The summed E-state index contributed by atoms with van der Waals surface area (Å²) in [4.78, 5) is 41.0. The lowest BCUT2D eigenvalue weighted by atomic mass is 10.1. The Hall–Kier alpha value is -2.93. The molecule has 6 nitrogen and oxygen atoms in total. The number of carbonyl (C=O) groups excluding carboxylic acids is 3. The molecular weight excluding hydrogens is 397 g/mol. The highest BCUT2D eigenvalue weighted by Gasteiger charge is 2.46. The third-order valence-electron chi connectivity index (χ3n) is 4.47. The van der Waals surface area contributed by atoms with Crippen LogP contribution in [-0.2, 0) is 9.59 Å². The molecule has 0 bridgehead atoms. The third kappa shape index (κ3) is 4.74. The van der Waals surface area contributed by atoms with Crippen LogP contribution in [0.25, 0.3) is 0 Å². The second-order valence-electron chi connectivity index (χ2n) is 7.25.